The Hall–Kier alpha value is -3.04. The number of halogens is 1. The van der Waals surface area contributed by atoms with Gasteiger partial charge in [-0.05, 0) is 42.0 Å². The number of sulfonamides is 1. The Kier molecular flexibility index (Phi) is 4.83. The molecule has 0 radical (unpaired) electrons. The Labute approximate surface area is 149 Å². The van der Waals surface area contributed by atoms with Crippen LogP contribution in [0.5, 0.6) is 0 Å². The summed E-state index contributed by atoms with van der Waals surface area (Å²) in [6.07, 6.45) is 3.43. The van der Waals surface area contributed by atoms with Crippen molar-refractivity contribution in [3.8, 4) is 5.69 Å². The van der Waals surface area contributed by atoms with Crippen molar-refractivity contribution in [2.45, 2.75) is 11.4 Å². The maximum absolute atomic E-state index is 13.9. The molecule has 0 spiro atoms. The molecular weight excluding hydrogens is 359 g/mol. The molecule has 3 N–H and O–H groups in total. The maximum atomic E-state index is 13.9. The molecule has 1 amide bonds. The van der Waals surface area contributed by atoms with Crippen LogP contribution in [0.25, 0.3) is 5.69 Å². The lowest BCUT2D eigenvalue weighted by Crippen LogP contribution is -2.24. The quantitative estimate of drug-likeness (QED) is 0.707. The fourth-order valence-corrected chi connectivity index (χ4v) is 2.90. The highest BCUT2D eigenvalue weighted by molar-refractivity contribution is 7.89. The van der Waals surface area contributed by atoms with E-state index in [0.29, 0.717) is 0 Å². The predicted molar refractivity (Wildman–Crippen MR) is 92.5 cm³/mol. The van der Waals surface area contributed by atoms with Crippen LogP contribution in [-0.4, -0.2) is 24.1 Å². The molecular formula is C17H15FN4O3S. The van der Waals surface area contributed by atoms with Gasteiger partial charge in [-0.3, -0.25) is 4.79 Å². The smallest absolute Gasteiger partial charge is 0.254 e. The van der Waals surface area contributed by atoms with E-state index in [1.54, 1.807) is 35.3 Å². The zero-order chi connectivity index (χ0) is 18.7. The van der Waals surface area contributed by atoms with E-state index in [2.05, 4.69) is 10.4 Å². The monoisotopic (exact) mass is 374 g/mol. The van der Waals surface area contributed by atoms with E-state index in [9.17, 15) is 17.6 Å². The minimum Gasteiger partial charge on any atom is -0.348 e. The Morgan fingerprint density at radius 2 is 2.00 bits per heavy atom. The van der Waals surface area contributed by atoms with Gasteiger partial charge in [-0.1, -0.05) is 12.1 Å². The van der Waals surface area contributed by atoms with Crippen molar-refractivity contribution in [3.63, 3.8) is 0 Å². The first-order valence-electron chi connectivity index (χ1n) is 7.54. The third-order valence-corrected chi connectivity index (χ3v) is 4.55. The molecule has 7 nitrogen and oxygen atoms in total. The third-order valence-electron chi connectivity index (χ3n) is 3.64. The number of rotatable bonds is 5. The summed E-state index contributed by atoms with van der Waals surface area (Å²) in [5.74, 6) is -1.57. The highest BCUT2D eigenvalue weighted by Gasteiger charge is 2.16. The van der Waals surface area contributed by atoms with Gasteiger partial charge >= 0.3 is 0 Å². The highest BCUT2D eigenvalue weighted by atomic mass is 32.2. The standard InChI is InChI=1S/C17H15FN4O3S/c18-16-6-5-14(26(19,24)25)10-15(16)17(23)20-11-12-3-1-4-13(9-12)22-8-2-7-21-22/h1-10H,11H2,(H,20,23)(H2,19,24,25). The van der Waals surface area contributed by atoms with Crippen molar-refractivity contribution in [1.29, 1.82) is 0 Å². The molecule has 1 heterocycles. The van der Waals surface area contributed by atoms with Crippen molar-refractivity contribution in [3.05, 3.63) is 77.9 Å². The number of hydrogen-bond acceptors (Lipinski definition) is 4. The lowest BCUT2D eigenvalue weighted by atomic mass is 10.1. The van der Waals surface area contributed by atoms with E-state index in [1.165, 1.54) is 0 Å². The summed E-state index contributed by atoms with van der Waals surface area (Å²) in [4.78, 5) is 11.9. The number of nitrogens with zero attached hydrogens (tertiary/aromatic N) is 2. The average Bonchev–Trinajstić information content (AvgIpc) is 3.14. The average molecular weight is 374 g/mol. The normalized spacial score (nSPS) is 11.3. The fraction of sp³-hybridized carbons (Fsp3) is 0.0588. The number of amides is 1. The number of benzene rings is 2. The van der Waals surface area contributed by atoms with Crippen molar-refractivity contribution in [2.24, 2.45) is 5.14 Å². The van der Waals surface area contributed by atoms with Gasteiger partial charge in [0.05, 0.1) is 16.1 Å². The molecule has 0 bridgehead atoms. The molecule has 26 heavy (non-hydrogen) atoms. The van der Waals surface area contributed by atoms with Crippen molar-refractivity contribution in [1.82, 2.24) is 15.1 Å². The number of primary sulfonamides is 1. The minimum atomic E-state index is -4.03. The summed E-state index contributed by atoms with van der Waals surface area (Å²) in [6, 6.07) is 11.9. The molecule has 0 unspecified atom stereocenters. The second kappa shape index (κ2) is 7.06. The summed E-state index contributed by atoms with van der Waals surface area (Å²) in [5.41, 5.74) is 1.19. The lowest BCUT2D eigenvalue weighted by Gasteiger charge is -2.09. The first kappa shape index (κ1) is 17.8. The largest absolute Gasteiger partial charge is 0.348 e. The van der Waals surface area contributed by atoms with Crippen LogP contribution in [-0.2, 0) is 16.6 Å². The van der Waals surface area contributed by atoms with E-state index < -0.39 is 21.7 Å². The van der Waals surface area contributed by atoms with E-state index >= 15 is 0 Å². The van der Waals surface area contributed by atoms with E-state index in [4.69, 9.17) is 5.14 Å². The van der Waals surface area contributed by atoms with Crippen molar-refractivity contribution in [2.75, 3.05) is 0 Å². The Morgan fingerprint density at radius 1 is 1.19 bits per heavy atom. The second-order valence-corrected chi connectivity index (χ2v) is 7.05. The molecule has 0 aliphatic carbocycles. The molecule has 3 aromatic rings. The van der Waals surface area contributed by atoms with Crippen LogP contribution in [0.15, 0.2) is 65.8 Å². The number of carbonyl (C=O) groups is 1. The molecule has 0 saturated carbocycles. The Morgan fingerprint density at radius 3 is 2.69 bits per heavy atom. The number of nitrogens with one attached hydrogen (secondary N) is 1. The first-order chi connectivity index (χ1) is 12.3. The van der Waals surface area contributed by atoms with Gasteiger partial charge < -0.3 is 5.32 Å². The van der Waals surface area contributed by atoms with Crippen LogP contribution in [0.2, 0.25) is 0 Å². The van der Waals surface area contributed by atoms with Gasteiger partial charge in [0, 0.05) is 18.9 Å². The van der Waals surface area contributed by atoms with Crippen LogP contribution in [0.3, 0.4) is 0 Å². The summed E-state index contributed by atoms with van der Waals surface area (Å²) in [5, 5.41) is 11.7. The van der Waals surface area contributed by atoms with Gasteiger partial charge in [-0.25, -0.2) is 22.6 Å². The molecule has 0 saturated heterocycles. The summed E-state index contributed by atoms with van der Waals surface area (Å²) >= 11 is 0. The number of nitrogens with two attached hydrogens (primary N) is 1. The zero-order valence-corrected chi connectivity index (χ0v) is 14.3. The van der Waals surface area contributed by atoms with Crippen LogP contribution in [0.1, 0.15) is 15.9 Å². The fourth-order valence-electron chi connectivity index (χ4n) is 2.36. The Balaban J connectivity index is 1.77. The van der Waals surface area contributed by atoms with Gasteiger partial charge in [0.2, 0.25) is 10.0 Å². The highest BCUT2D eigenvalue weighted by Crippen LogP contribution is 2.15. The molecule has 9 heteroatoms. The van der Waals surface area contributed by atoms with Gasteiger partial charge in [-0.2, -0.15) is 5.10 Å². The SMILES string of the molecule is NS(=O)(=O)c1ccc(F)c(C(=O)NCc2cccc(-n3cccn3)c2)c1. The summed E-state index contributed by atoms with van der Waals surface area (Å²) in [6.45, 7) is 0.132. The molecule has 134 valence electrons. The Bertz CT molecular complexity index is 1050. The van der Waals surface area contributed by atoms with E-state index in [-0.39, 0.29) is 17.0 Å². The van der Waals surface area contributed by atoms with Crippen molar-refractivity contribution >= 4 is 15.9 Å². The summed E-state index contributed by atoms with van der Waals surface area (Å²) in [7, 11) is -4.03. The molecule has 1 aromatic heterocycles. The van der Waals surface area contributed by atoms with Crippen LogP contribution in [0, 0.1) is 5.82 Å². The minimum absolute atomic E-state index is 0.132. The topological polar surface area (TPSA) is 107 Å². The number of hydrogen-bond donors (Lipinski definition) is 2. The van der Waals surface area contributed by atoms with Crippen LogP contribution >= 0.6 is 0 Å². The number of carbonyl (C=O) groups excluding carboxylic acids is 1. The van der Waals surface area contributed by atoms with Crippen LogP contribution < -0.4 is 10.5 Å². The molecule has 2 aromatic carbocycles. The van der Waals surface area contributed by atoms with Gasteiger partial charge in [-0.15, -0.1) is 0 Å². The number of aromatic nitrogens is 2. The predicted octanol–water partition coefficient (Wildman–Crippen LogP) is 1.59. The van der Waals surface area contributed by atoms with Crippen molar-refractivity contribution < 1.29 is 17.6 Å². The van der Waals surface area contributed by atoms with Crippen LogP contribution in [0.4, 0.5) is 4.39 Å². The first-order valence-corrected chi connectivity index (χ1v) is 9.09. The molecule has 3 rings (SSSR count). The summed E-state index contributed by atoms with van der Waals surface area (Å²) < 4.78 is 38.3. The molecule has 0 fully saturated rings. The van der Waals surface area contributed by atoms with E-state index in [1.807, 2.05) is 12.1 Å². The van der Waals surface area contributed by atoms with E-state index in [0.717, 1.165) is 29.4 Å². The molecule has 0 aliphatic rings. The van der Waals surface area contributed by atoms with Gasteiger partial charge in [0.25, 0.3) is 5.91 Å². The third kappa shape index (κ3) is 3.95. The molecule has 0 aliphatic heterocycles. The lowest BCUT2D eigenvalue weighted by molar-refractivity contribution is 0.0946. The zero-order valence-electron chi connectivity index (χ0n) is 13.5. The maximum Gasteiger partial charge on any atom is 0.254 e. The molecule has 0 atom stereocenters. The van der Waals surface area contributed by atoms with Gasteiger partial charge in [0.15, 0.2) is 0 Å². The van der Waals surface area contributed by atoms with Gasteiger partial charge in [0.1, 0.15) is 5.82 Å². The second-order valence-electron chi connectivity index (χ2n) is 5.49.